The molecule has 5 atom stereocenters. The maximum Gasteiger partial charge on any atom is 0.232 e. The van der Waals surface area contributed by atoms with Gasteiger partial charge >= 0.3 is 0 Å². The summed E-state index contributed by atoms with van der Waals surface area (Å²) >= 11 is 0. The van der Waals surface area contributed by atoms with Crippen LogP contribution < -0.4 is 38.1 Å². The van der Waals surface area contributed by atoms with Crippen molar-refractivity contribution < 1.29 is 0 Å². The SMILES string of the molecule is CC(C)C(C)Nc1nc(N2C[C@H](N)C[C@H](N)C2)nc(N2C[C@H](N)C[C@H](N)C2)n1. The summed E-state index contributed by atoms with van der Waals surface area (Å²) in [5.41, 5.74) is 24.7. The van der Waals surface area contributed by atoms with Crippen LogP contribution in [-0.2, 0) is 0 Å². The lowest BCUT2D eigenvalue weighted by Crippen LogP contribution is -2.54. The highest BCUT2D eigenvalue weighted by Crippen LogP contribution is 2.22. The first-order valence-corrected chi connectivity index (χ1v) is 10.3. The van der Waals surface area contributed by atoms with Gasteiger partial charge in [0.25, 0.3) is 0 Å². The predicted octanol–water partition coefficient (Wildman–Crippen LogP) is -0.943. The Hall–Kier alpha value is -1.75. The van der Waals surface area contributed by atoms with Gasteiger partial charge in [0.15, 0.2) is 0 Å². The van der Waals surface area contributed by atoms with E-state index in [4.69, 9.17) is 27.9 Å². The second kappa shape index (κ2) is 8.73. The van der Waals surface area contributed by atoms with Gasteiger partial charge < -0.3 is 38.1 Å². The molecule has 1 aromatic rings. The minimum Gasteiger partial charge on any atom is -0.351 e. The Kier molecular flexibility index (Phi) is 6.54. The molecular formula is C18H36N10. The summed E-state index contributed by atoms with van der Waals surface area (Å²) in [6.07, 6.45) is 1.61. The molecule has 10 nitrogen and oxygen atoms in total. The third-order valence-corrected chi connectivity index (χ3v) is 5.56. The van der Waals surface area contributed by atoms with Crippen molar-refractivity contribution in [1.29, 1.82) is 0 Å². The van der Waals surface area contributed by atoms with Crippen molar-refractivity contribution in [3.05, 3.63) is 0 Å². The largest absolute Gasteiger partial charge is 0.351 e. The average molecular weight is 393 g/mol. The summed E-state index contributed by atoms with van der Waals surface area (Å²) in [7, 11) is 0. The van der Waals surface area contributed by atoms with Crippen molar-refractivity contribution in [3.63, 3.8) is 0 Å². The number of aromatic nitrogens is 3. The van der Waals surface area contributed by atoms with Gasteiger partial charge in [-0.05, 0) is 25.7 Å². The molecule has 1 unspecified atom stereocenters. The number of anilines is 3. The fourth-order valence-electron chi connectivity index (χ4n) is 3.76. The van der Waals surface area contributed by atoms with E-state index in [1.165, 1.54) is 0 Å². The fourth-order valence-corrected chi connectivity index (χ4v) is 3.76. The molecule has 0 aromatic carbocycles. The van der Waals surface area contributed by atoms with Gasteiger partial charge in [-0.2, -0.15) is 15.0 Å². The first-order valence-electron chi connectivity index (χ1n) is 10.3. The zero-order valence-corrected chi connectivity index (χ0v) is 17.3. The molecule has 3 rings (SSSR count). The molecule has 2 aliphatic heterocycles. The van der Waals surface area contributed by atoms with Gasteiger partial charge in [0.1, 0.15) is 0 Å². The topological polar surface area (TPSA) is 161 Å². The molecule has 0 aliphatic carbocycles. The summed E-state index contributed by atoms with van der Waals surface area (Å²) in [5, 5.41) is 3.40. The molecule has 2 fully saturated rings. The number of nitrogens with one attached hydrogen (secondary N) is 1. The smallest absolute Gasteiger partial charge is 0.232 e. The first kappa shape index (κ1) is 21.0. The summed E-state index contributed by atoms with van der Waals surface area (Å²) in [4.78, 5) is 18.2. The Morgan fingerprint density at radius 3 is 1.50 bits per heavy atom. The number of piperidine rings is 2. The zero-order chi connectivity index (χ0) is 20.4. The summed E-state index contributed by atoms with van der Waals surface area (Å²) < 4.78 is 0. The Bertz CT molecular complexity index is 589. The predicted molar refractivity (Wildman–Crippen MR) is 113 cm³/mol. The average Bonchev–Trinajstić information content (AvgIpc) is 2.59. The molecule has 0 amide bonds. The number of rotatable bonds is 5. The first-order chi connectivity index (χ1) is 13.2. The molecule has 2 aliphatic rings. The van der Waals surface area contributed by atoms with Gasteiger partial charge in [0, 0.05) is 56.4 Å². The Morgan fingerprint density at radius 1 is 0.750 bits per heavy atom. The van der Waals surface area contributed by atoms with Gasteiger partial charge in [-0.1, -0.05) is 13.8 Å². The lowest BCUT2D eigenvalue weighted by Gasteiger charge is -2.37. The van der Waals surface area contributed by atoms with E-state index in [1.807, 2.05) is 0 Å². The number of hydrogen-bond donors (Lipinski definition) is 5. The van der Waals surface area contributed by atoms with E-state index in [0.29, 0.717) is 49.9 Å². The second-order valence-electron chi connectivity index (χ2n) is 8.76. The molecule has 2 saturated heterocycles. The van der Waals surface area contributed by atoms with Crippen molar-refractivity contribution >= 4 is 17.8 Å². The monoisotopic (exact) mass is 392 g/mol. The third kappa shape index (κ3) is 5.19. The van der Waals surface area contributed by atoms with Crippen molar-refractivity contribution in [2.45, 2.75) is 63.8 Å². The lowest BCUT2D eigenvalue weighted by atomic mass is 10.0. The number of hydrogen-bond acceptors (Lipinski definition) is 10. The maximum absolute atomic E-state index is 6.18. The van der Waals surface area contributed by atoms with Gasteiger partial charge in [-0.3, -0.25) is 0 Å². The van der Waals surface area contributed by atoms with E-state index in [-0.39, 0.29) is 30.2 Å². The van der Waals surface area contributed by atoms with Gasteiger partial charge in [0.05, 0.1) is 0 Å². The van der Waals surface area contributed by atoms with Crippen LogP contribution in [0.2, 0.25) is 0 Å². The minimum atomic E-state index is 0.00629. The molecule has 0 radical (unpaired) electrons. The molecule has 1 aromatic heterocycles. The minimum absolute atomic E-state index is 0.00629. The van der Waals surface area contributed by atoms with Crippen LogP contribution in [0.4, 0.5) is 17.8 Å². The number of nitrogens with zero attached hydrogens (tertiary/aromatic N) is 5. The lowest BCUT2D eigenvalue weighted by molar-refractivity contribution is 0.441. The van der Waals surface area contributed by atoms with E-state index < -0.39 is 0 Å². The van der Waals surface area contributed by atoms with Crippen LogP contribution in [0.15, 0.2) is 0 Å². The van der Waals surface area contributed by atoms with Crippen LogP contribution in [-0.4, -0.2) is 71.3 Å². The van der Waals surface area contributed by atoms with E-state index >= 15 is 0 Å². The van der Waals surface area contributed by atoms with Crippen molar-refractivity contribution in [3.8, 4) is 0 Å². The standard InChI is InChI=1S/C18H36N10/c1-10(2)11(3)23-16-24-17(27-6-12(19)4-13(20)7-27)26-18(25-16)28-8-14(21)5-15(22)9-28/h10-15H,4-9,19-22H2,1-3H3,(H,23,24,25,26)/t11?,12-,13+,14-,15+. The molecule has 158 valence electrons. The normalized spacial score (nSPS) is 29.9. The highest BCUT2D eigenvalue weighted by molar-refractivity contribution is 5.47. The molecule has 0 bridgehead atoms. The highest BCUT2D eigenvalue weighted by atomic mass is 15.4. The molecule has 28 heavy (non-hydrogen) atoms. The van der Waals surface area contributed by atoms with E-state index in [1.54, 1.807) is 0 Å². The van der Waals surface area contributed by atoms with Gasteiger partial charge in [-0.15, -0.1) is 0 Å². The Morgan fingerprint density at radius 2 is 1.14 bits per heavy atom. The molecule has 9 N–H and O–H groups in total. The summed E-state index contributed by atoms with van der Waals surface area (Å²) in [6, 6.07) is 0.247. The van der Waals surface area contributed by atoms with E-state index in [0.717, 1.165) is 12.8 Å². The Labute approximate surface area is 167 Å². The van der Waals surface area contributed by atoms with Crippen molar-refractivity contribution in [2.75, 3.05) is 41.3 Å². The highest BCUT2D eigenvalue weighted by Gasteiger charge is 2.29. The quantitative estimate of drug-likeness (QED) is 0.423. The van der Waals surface area contributed by atoms with Crippen LogP contribution in [0.25, 0.3) is 0 Å². The molecule has 3 heterocycles. The molecule has 0 saturated carbocycles. The maximum atomic E-state index is 6.18. The van der Waals surface area contributed by atoms with Crippen LogP contribution in [0.5, 0.6) is 0 Å². The molecular weight excluding hydrogens is 356 g/mol. The summed E-state index contributed by atoms with van der Waals surface area (Å²) in [6.45, 7) is 9.14. The van der Waals surface area contributed by atoms with Crippen LogP contribution in [0, 0.1) is 5.92 Å². The summed E-state index contributed by atoms with van der Waals surface area (Å²) in [5.74, 6) is 2.20. The second-order valence-corrected chi connectivity index (χ2v) is 8.76. The van der Waals surface area contributed by atoms with Crippen molar-refractivity contribution in [2.24, 2.45) is 28.9 Å². The fraction of sp³-hybridized carbons (Fsp3) is 0.833. The number of nitrogens with two attached hydrogens (primary N) is 4. The third-order valence-electron chi connectivity index (χ3n) is 5.56. The molecule has 10 heteroatoms. The van der Waals surface area contributed by atoms with Crippen LogP contribution >= 0.6 is 0 Å². The van der Waals surface area contributed by atoms with Gasteiger partial charge in [0.2, 0.25) is 17.8 Å². The Balaban J connectivity index is 1.91. The zero-order valence-electron chi connectivity index (χ0n) is 17.3. The van der Waals surface area contributed by atoms with Crippen LogP contribution in [0.3, 0.4) is 0 Å². The van der Waals surface area contributed by atoms with E-state index in [9.17, 15) is 0 Å². The molecule has 0 spiro atoms. The van der Waals surface area contributed by atoms with E-state index in [2.05, 4.69) is 45.9 Å². The van der Waals surface area contributed by atoms with Gasteiger partial charge in [-0.25, -0.2) is 0 Å². The van der Waals surface area contributed by atoms with Crippen LogP contribution in [0.1, 0.15) is 33.6 Å². The van der Waals surface area contributed by atoms with Crippen molar-refractivity contribution in [1.82, 2.24) is 15.0 Å².